The van der Waals surface area contributed by atoms with Crippen LogP contribution in [-0.2, 0) is 15.8 Å². The van der Waals surface area contributed by atoms with Crippen LogP contribution in [0.3, 0.4) is 0 Å². The minimum absolute atomic E-state index is 0.0392. The monoisotopic (exact) mass is 365 g/mol. The fraction of sp³-hybridized carbons (Fsp3) is 0.182. The number of benzene rings is 3. The normalized spacial score (nSPS) is 12.7. The Morgan fingerprint density at radius 1 is 0.808 bits per heavy atom. The van der Waals surface area contributed by atoms with Crippen LogP contribution in [0.4, 0.5) is 0 Å². The molecular formula is C22H23NO2S. The Kier molecular flexibility index (Phi) is 5.55. The second-order valence-corrected chi connectivity index (χ2v) is 8.32. The predicted molar refractivity (Wildman–Crippen MR) is 106 cm³/mol. The second kappa shape index (κ2) is 7.85. The highest BCUT2D eigenvalue weighted by Gasteiger charge is 2.22. The summed E-state index contributed by atoms with van der Waals surface area (Å²) < 4.78 is 28.6. The van der Waals surface area contributed by atoms with Gasteiger partial charge in [-0.25, -0.2) is 13.1 Å². The molecule has 4 heteroatoms. The van der Waals surface area contributed by atoms with Gasteiger partial charge in [-0.1, -0.05) is 84.4 Å². The molecule has 0 radical (unpaired) electrons. The summed E-state index contributed by atoms with van der Waals surface area (Å²) in [5.74, 6) is -0.0392. The summed E-state index contributed by atoms with van der Waals surface area (Å²) in [4.78, 5) is 0. The van der Waals surface area contributed by atoms with Crippen molar-refractivity contribution in [3.8, 4) is 0 Å². The van der Waals surface area contributed by atoms with Crippen LogP contribution in [0.2, 0.25) is 0 Å². The van der Waals surface area contributed by atoms with Gasteiger partial charge in [-0.15, -0.1) is 0 Å². The van der Waals surface area contributed by atoms with E-state index < -0.39 is 16.1 Å². The Bertz CT molecular complexity index is 965. The van der Waals surface area contributed by atoms with Gasteiger partial charge in [0, 0.05) is 0 Å². The molecule has 3 rings (SSSR count). The first-order valence-electron chi connectivity index (χ1n) is 8.61. The van der Waals surface area contributed by atoms with Crippen molar-refractivity contribution in [3.05, 3.63) is 107 Å². The van der Waals surface area contributed by atoms with Crippen LogP contribution in [0.5, 0.6) is 0 Å². The maximum atomic E-state index is 12.8. The molecule has 3 aromatic carbocycles. The van der Waals surface area contributed by atoms with Gasteiger partial charge in [0.1, 0.15) is 0 Å². The van der Waals surface area contributed by atoms with Crippen LogP contribution in [0.1, 0.15) is 33.9 Å². The number of hydrogen-bond donors (Lipinski definition) is 1. The van der Waals surface area contributed by atoms with Crippen molar-refractivity contribution in [2.45, 2.75) is 25.6 Å². The summed E-state index contributed by atoms with van der Waals surface area (Å²) in [7, 11) is -3.51. The first-order chi connectivity index (χ1) is 12.4. The van der Waals surface area contributed by atoms with Crippen molar-refractivity contribution in [2.24, 2.45) is 0 Å². The van der Waals surface area contributed by atoms with E-state index in [1.807, 2.05) is 92.7 Å². The fourth-order valence-electron chi connectivity index (χ4n) is 2.99. The quantitative estimate of drug-likeness (QED) is 0.698. The number of rotatable bonds is 6. The smallest absolute Gasteiger partial charge is 0.212 e. The van der Waals surface area contributed by atoms with Gasteiger partial charge in [-0.3, -0.25) is 0 Å². The third-order valence-electron chi connectivity index (χ3n) is 4.41. The van der Waals surface area contributed by atoms with Gasteiger partial charge in [0.25, 0.3) is 0 Å². The van der Waals surface area contributed by atoms with Crippen LogP contribution in [0.25, 0.3) is 0 Å². The maximum Gasteiger partial charge on any atom is 0.216 e. The molecule has 0 heterocycles. The number of sulfonamides is 1. The van der Waals surface area contributed by atoms with Gasteiger partial charge < -0.3 is 0 Å². The van der Waals surface area contributed by atoms with Gasteiger partial charge in [0.2, 0.25) is 10.0 Å². The van der Waals surface area contributed by atoms with Crippen molar-refractivity contribution in [3.63, 3.8) is 0 Å². The molecule has 0 saturated carbocycles. The highest BCUT2D eigenvalue weighted by atomic mass is 32.2. The molecule has 0 aliphatic rings. The molecule has 0 spiro atoms. The molecule has 3 aromatic rings. The van der Waals surface area contributed by atoms with E-state index in [0.717, 1.165) is 27.8 Å². The summed E-state index contributed by atoms with van der Waals surface area (Å²) in [6.45, 7) is 3.99. The molecule has 0 aliphatic carbocycles. The molecule has 0 aliphatic heterocycles. The summed E-state index contributed by atoms with van der Waals surface area (Å²) in [6, 6.07) is 24.7. The lowest BCUT2D eigenvalue weighted by Crippen LogP contribution is -2.31. The molecule has 1 unspecified atom stereocenters. The molecule has 3 nitrogen and oxygen atoms in total. The zero-order valence-electron chi connectivity index (χ0n) is 15.0. The summed E-state index contributed by atoms with van der Waals surface area (Å²) in [6.07, 6.45) is 0. The Labute approximate surface area is 155 Å². The first-order valence-corrected chi connectivity index (χ1v) is 10.3. The van der Waals surface area contributed by atoms with Crippen molar-refractivity contribution >= 4 is 10.0 Å². The SMILES string of the molecule is Cc1ccc(CS(=O)(=O)NC(c2ccccc2)c2ccccc2C)cc1. The lowest BCUT2D eigenvalue weighted by molar-refractivity contribution is 0.571. The molecule has 134 valence electrons. The van der Waals surface area contributed by atoms with E-state index in [1.54, 1.807) is 0 Å². The lowest BCUT2D eigenvalue weighted by Gasteiger charge is -2.21. The molecule has 0 bridgehead atoms. The Balaban J connectivity index is 1.92. The average molecular weight is 365 g/mol. The van der Waals surface area contributed by atoms with E-state index in [9.17, 15) is 8.42 Å². The molecule has 1 N–H and O–H groups in total. The third kappa shape index (κ3) is 4.59. The molecular weight excluding hydrogens is 342 g/mol. The fourth-order valence-corrected chi connectivity index (χ4v) is 4.33. The van der Waals surface area contributed by atoms with Crippen molar-refractivity contribution in [1.82, 2.24) is 4.72 Å². The summed E-state index contributed by atoms with van der Waals surface area (Å²) in [5.41, 5.74) is 4.83. The number of nitrogens with one attached hydrogen (secondary N) is 1. The Morgan fingerprint density at radius 2 is 1.42 bits per heavy atom. The minimum Gasteiger partial charge on any atom is -0.212 e. The highest BCUT2D eigenvalue weighted by Crippen LogP contribution is 2.26. The first kappa shape index (κ1) is 18.4. The molecule has 0 aromatic heterocycles. The minimum atomic E-state index is -3.51. The van der Waals surface area contributed by atoms with E-state index in [2.05, 4.69) is 4.72 Å². The van der Waals surface area contributed by atoms with Crippen LogP contribution in [-0.4, -0.2) is 8.42 Å². The molecule has 0 amide bonds. The zero-order valence-corrected chi connectivity index (χ0v) is 15.8. The Hall–Kier alpha value is -2.43. The summed E-state index contributed by atoms with van der Waals surface area (Å²) >= 11 is 0. The predicted octanol–water partition coefficient (Wildman–Crippen LogP) is 4.51. The zero-order chi connectivity index (χ0) is 18.6. The van der Waals surface area contributed by atoms with Crippen molar-refractivity contribution in [1.29, 1.82) is 0 Å². The van der Waals surface area contributed by atoms with E-state index in [-0.39, 0.29) is 5.75 Å². The van der Waals surface area contributed by atoms with E-state index >= 15 is 0 Å². The largest absolute Gasteiger partial charge is 0.216 e. The number of aryl methyl sites for hydroxylation is 2. The van der Waals surface area contributed by atoms with Crippen LogP contribution < -0.4 is 4.72 Å². The van der Waals surface area contributed by atoms with E-state index in [0.29, 0.717) is 0 Å². The van der Waals surface area contributed by atoms with Gasteiger partial charge in [0.05, 0.1) is 11.8 Å². The van der Waals surface area contributed by atoms with Gasteiger partial charge >= 0.3 is 0 Å². The Morgan fingerprint density at radius 3 is 2.08 bits per heavy atom. The molecule has 0 fully saturated rings. The molecule has 1 atom stereocenters. The summed E-state index contributed by atoms with van der Waals surface area (Å²) in [5, 5.41) is 0. The van der Waals surface area contributed by atoms with Gasteiger partial charge in [0.15, 0.2) is 0 Å². The second-order valence-electron chi connectivity index (χ2n) is 6.56. The van der Waals surface area contributed by atoms with Crippen molar-refractivity contribution < 1.29 is 8.42 Å². The highest BCUT2D eigenvalue weighted by molar-refractivity contribution is 7.88. The topological polar surface area (TPSA) is 46.2 Å². The van der Waals surface area contributed by atoms with E-state index in [4.69, 9.17) is 0 Å². The van der Waals surface area contributed by atoms with Crippen LogP contribution in [0.15, 0.2) is 78.9 Å². The average Bonchev–Trinajstić information content (AvgIpc) is 2.63. The van der Waals surface area contributed by atoms with Crippen LogP contribution in [0, 0.1) is 13.8 Å². The standard InChI is InChI=1S/C22H23NO2S/c1-17-12-14-19(15-13-17)16-26(24,25)23-22(20-9-4-3-5-10-20)21-11-7-6-8-18(21)2/h3-15,22-23H,16H2,1-2H3. The maximum absolute atomic E-state index is 12.8. The molecule has 26 heavy (non-hydrogen) atoms. The third-order valence-corrected chi connectivity index (χ3v) is 5.72. The lowest BCUT2D eigenvalue weighted by atomic mass is 9.96. The van der Waals surface area contributed by atoms with Gasteiger partial charge in [-0.05, 0) is 36.1 Å². The van der Waals surface area contributed by atoms with E-state index in [1.165, 1.54) is 0 Å². The number of hydrogen-bond acceptors (Lipinski definition) is 2. The van der Waals surface area contributed by atoms with Crippen LogP contribution >= 0.6 is 0 Å². The molecule has 0 saturated heterocycles. The van der Waals surface area contributed by atoms with Crippen molar-refractivity contribution in [2.75, 3.05) is 0 Å². The van der Waals surface area contributed by atoms with Gasteiger partial charge in [-0.2, -0.15) is 0 Å².